The maximum absolute atomic E-state index is 13.6. The molecule has 0 bridgehead atoms. The van der Waals surface area contributed by atoms with Gasteiger partial charge in [-0.05, 0) is 36.9 Å². The molecule has 0 saturated carbocycles. The molecule has 0 saturated heterocycles. The Bertz CT molecular complexity index is 800. The minimum absolute atomic E-state index is 0.0984. The molecule has 3 aromatic rings. The Morgan fingerprint density at radius 2 is 1.90 bits per heavy atom. The second-order valence-corrected chi connectivity index (χ2v) is 5.52. The van der Waals surface area contributed by atoms with Crippen LogP contribution in [0.15, 0.2) is 46.9 Å². The summed E-state index contributed by atoms with van der Waals surface area (Å²) in [6.07, 6.45) is 0. The van der Waals surface area contributed by atoms with Crippen LogP contribution in [0.3, 0.4) is 0 Å². The van der Waals surface area contributed by atoms with E-state index in [0.717, 1.165) is 10.9 Å². The molecule has 0 fully saturated rings. The standard InChI is InChI=1S/C16H12Cl2FNO/c1-20-15(9-5-6-11(17)13(19)7-9)14-8-10-3-2-4-12(18)16(10)21-14/h2-8,15,20H,1H3. The van der Waals surface area contributed by atoms with E-state index in [1.54, 1.807) is 19.2 Å². The van der Waals surface area contributed by atoms with E-state index in [1.807, 2.05) is 18.2 Å². The Balaban J connectivity index is 2.09. The van der Waals surface area contributed by atoms with Gasteiger partial charge in [0.2, 0.25) is 0 Å². The zero-order chi connectivity index (χ0) is 15.0. The van der Waals surface area contributed by atoms with Crippen molar-refractivity contribution >= 4 is 34.2 Å². The lowest BCUT2D eigenvalue weighted by Crippen LogP contribution is -2.17. The van der Waals surface area contributed by atoms with Gasteiger partial charge in [-0.3, -0.25) is 0 Å². The van der Waals surface area contributed by atoms with Gasteiger partial charge in [-0.25, -0.2) is 4.39 Å². The Labute approximate surface area is 131 Å². The Morgan fingerprint density at radius 3 is 2.57 bits per heavy atom. The second kappa shape index (κ2) is 5.68. The van der Waals surface area contributed by atoms with Crippen LogP contribution in [0.25, 0.3) is 11.0 Å². The number of benzene rings is 2. The third kappa shape index (κ3) is 2.64. The van der Waals surface area contributed by atoms with Crippen LogP contribution in [0.4, 0.5) is 4.39 Å². The van der Waals surface area contributed by atoms with E-state index in [0.29, 0.717) is 16.4 Å². The van der Waals surface area contributed by atoms with Crippen LogP contribution in [0.2, 0.25) is 10.0 Å². The number of hydrogen-bond acceptors (Lipinski definition) is 2. The van der Waals surface area contributed by atoms with E-state index in [4.69, 9.17) is 27.6 Å². The normalized spacial score (nSPS) is 12.8. The molecule has 1 N–H and O–H groups in total. The summed E-state index contributed by atoms with van der Waals surface area (Å²) in [6, 6.07) is 11.9. The van der Waals surface area contributed by atoms with Crippen molar-refractivity contribution in [1.82, 2.24) is 5.32 Å². The first-order valence-corrected chi connectivity index (χ1v) is 7.16. The molecule has 1 atom stereocenters. The molecule has 108 valence electrons. The van der Waals surface area contributed by atoms with Crippen LogP contribution in [0.1, 0.15) is 17.4 Å². The van der Waals surface area contributed by atoms with Crippen molar-refractivity contribution in [2.75, 3.05) is 7.05 Å². The molecule has 2 aromatic carbocycles. The first-order valence-electron chi connectivity index (χ1n) is 6.40. The third-order valence-electron chi connectivity index (χ3n) is 3.37. The summed E-state index contributed by atoms with van der Waals surface area (Å²) in [7, 11) is 1.78. The van der Waals surface area contributed by atoms with E-state index in [-0.39, 0.29) is 11.1 Å². The van der Waals surface area contributed by atoms with Gasteiger partial charge < -0.3 is 9.73 Å². The molecule has 0 amide bonds. The molecule has 1 aromatic heterocycles. The minimum atomic E-state index is -0.455. The van der Waals surface area contributed by atoms with E-state index >= 15 is 0 Å². The van der Waals surface area contributed by atoms with E-state index in [2.05, 4.69) is 5.32 Å². The Morgan fingerprint density at radius 1 is 1.10 bits per heavy atom. The number of hydrogen-bond donors (Lipinski definition) is 1. The van der Waals surface area contributed by atoms with Gasteiger partial charge in [0, 0.05) is 5.39 Å². The van der Waals surface area contributed by atoms with Crippen molar-refractivity contribution in [3.8, 4) is 0 Å². The number of furan rings is 1. The average molecular weight is 324 g/mol. The Kier molecular flexibility index (Phi) is 3.89. The fourth-order valence-corrected chi connectivity index (χ4v) is 2.69. The number of para-hydroxylation sites is 1. The predicted octanol–water partition coefficient (Wildman–Crippen LogP) is 5.19. The van der Waals surface area contributed by atoms with Gasteiger partial charge in [0.1, 0.15) is 11.6 Å². The smallest absolute Gasteiger partial charge is 0.152 e. The number of halogens is 3. The molecule has 21 heavy (non-hydrogen) atoms. The molecule has 0 aliphatic heterocycles. The molecule has 0 radical (unpaired) electrons. The molecule has 0 aliphatic rings. The van der Waals surface area contributed by atoms with Crippen LogP contribution in [0, 0.1) is 5.82 Å². The molecule has 1 unspecified atom stereocenters. The largest absolute Gasteiger partial charge is 0.457 e. The summed E-state index contributed by atoms with van der Waals surface area (Å²) in [4.78, 5) is 0. The van der Waals surface area contributed by atoms with Crippen LogP contribution in [0.5, 0.6) is 0 Å². The van der Waals surface area contributed by atoms with E-state index < -0.39 is 5.82 Å². The van der Waals surface area contributed by atoms with Gasteiger partial charge >= 0.3 is 0 Å². The average Bonchev–Trinajstić information content (AvgIpc) is 2.89. The number of fused-ring (bicyclic) bond motifs is 1. The maximum Gasteiger partial charge on any atom is 0.152 e. The highest BCUT2D eigenvalue weighted by molar-refractivity contribution is 6.34. The molecule has 2 nitrogen and oxygen atoms in total. The summed E-state index contributed by atoms with van der Waals surface area (Å²) in [5.74, 6) is 0.214. The van der Waals surface area contributed by atoms with Crippen molar-refractivity contribution in [3.05, 3.63) is 69.7 Å². The van der Waals surface area contributed by atoms with Crippen molar-refractivity contribution in [3.63, 3.8) is 0 Å². The summed E-state index contributed by atoms with van der Waals surface area (Å²) in [5, 5.41) is 4.67. The molecule has 1 heterocycles. The lowest BCUT2D eigenvalue weighted by Gasteiger charge is -2.14. The predicted molar refractivity (Wildman–Crippen MR) is 83.5 cm³/mol. The van der Waals surface area contributed by atoms with Gasteiger partial charge in [0.25, 0.3) is 0 Å². The fourth-order valence-electron chi connectivity index (χ4n) is 2.35. The molecular formula is C16H12Cl2FNO. The quantitative estimate of drug-likeness (QED) is 0.717. The van der Waals surface area contributed by atoms with Gasteiger partial charge in [0.05, 0.1) is 16.1 Å². The topological polar surface area (TPSA) is 25.2 Å². The summed E-state index contributed by atoms with van der Waals surface area (Å²) in [6.45, 7) is 0. The van der Waals surface area contributed by atoms with E-state index in [1.165, 1.54) is 12.1 Å². The van der Waals surface area contributed by atoms with Crippen LogP contribution >= 0.6 is 23.2 Å². The van der Waals surface area contributed by atoms with E-state index in [9.17, 15) is 4.39 Å². The number of rotatable bonds is 3. The van der Waals surface area contributed by atoms with Gasteiger partial charge in [-0.15, -0.1) is 0 Å². The highest BCUT2D eigenvalue weighted by atomic mass is 35.5. The molecule has 0 spiro atoms. The lowest BCUT2D eigenvalue weighted by atomic mass is 10.0. The van der Waals surface area contributed by atoms with Gasteiger partial charge in [0.15, 0.2) is 5.58 Å². The Hall–Kier alpha value is -1.55. The first-order chi connectivity index (χ1) is 10.1. The van der Waals surface area contributed by atoms with Gasteiger partial charge in [-0.1, -0.05) is 41.4 Å². The van der Waals surface area contributed by atoms with Crippen LogP contribution in [-0.4, -0.2) is 7.05 Å². The third-order valence-corrected chi connectivity index (χ3v) is 3.97. The molecule has 5 heteroatoms. The van der Waals surface area contributed by atoms with Crippen molar-refractivity contribution in [2.24, 2.45) is 0 Å². The highest BCUT2D eigenvalue weighted by Crippen LogP contribution is 2.32. The van der Waals surface area contributed by atoms with Gasteiger partial charge in [-0.2, -0.15) is 0 Å². The first kappa shape index (κ1) is 14.4. The number of nitrogens with one attached hydrogen (secondary N) is 1. The summed E-state index contributed by atoms with van der Waals surface area (Å²) >= 11 is 11.8. The van der Waals surface area contributed by atoms with Crippen LogP contribution < -0.4 is 5.32 Å². The summed E-state index contributed by atoms with van der Waals surface area (Å²) in [5.41, 5.74) is 1.36. The van der Waals surface area contributed by atoms with Crippen molar-refractivity contribution in [1.29, 1.82) is 0 Å². The summed E-state index contributed by atoms with van der Waals surface area (Å²) < 4.78 is 19.5. The zero-order valence-electron chi connectivity index (χ0n) is 11.2. The zero-order valence-corrected chi connectivity index (χ0v) is 12.7. The molecule has 0 aliphatic carbocycles. The lowest BCUT2D eigenvalue weighted by molar-refractivity contribution is 0.490. The monoisotopic (exact) mass is 323 g/mol. The van der Waals surface area contributed by atoms with Crippen LogP contribution in [-0.2, 0) is 0 Å². The molecular weight excluding hydrogens is 312 g/mol. The van der Waals surface area contributed by atoms with Crippen molar-refractivity contribution in [2.45, 2.75) is 6.04 Å². The fraction of sp³-hybridized carbons (Fsp3) is 0.125. The minimum Gasteiger partial charge on any atom is -0.457 e. The maximum atomic E-state index is 13.6. The highest BCUT2D eigenvalue weighted by Gasteiger charge is 2.19. The van der Waals surface area contributed by atoms with Crippen molar-refractivity contribution < 1.29 is 8.81 Å². The molecule has 3 rings (SSSR count). The second-order valence-electron chi connectivity index (χ2n) is 4.70. The SMILES string of the molecule is CNC(c1ccc(Cl)c(F)c1)c1cc2cccc(Cl)c2o1.